The van der Waals surface area contributed by atoms with E-state index in [0.29, 0.717) is 24.5 Å². The van der Waals surface area contributed by atoms with E-state index in [-0.39, 0.29) is 11.7 Å². The second kappa shape index (κ2) is 6.74. The number of rotatable bonds is 5. The van der Waals surface area contributed by atoms with Crippen LogP contribution in [0.4, 0.5) is 5.95 Å². The molecule has 0 bridgehead atoms. The van der Waals surface area contributed by atoms with Gasteiger partial charge in [-0.15, -0.1) is 0 Å². The molecule has 0 radical (unpaired) electrons. The third kappa shape index (κ3) is 2.84. The lowest BCUT2D eigenvalue weighted by Crippen LogP contribution is -2.30. The molecule has 2 heterocycles. The maximum Gasteiger partial charge on any atom is 0.338 e. The molecule has 0 unspecified atom stereocenters. The zero-order valence-corrected chi connectivity index (χ0v) is 13.7. The molecule has 0 saturated heterocycles. The number of nitrogens with zero attached hydrogens (tertiary/aromatic N) is 3. The Kier molecular flexibility index (Phi) is 4.50. The summed E-state index contributed by atoms with van der Waals surface area (Å²) < 4.78 is 6.94. The first-order valence-corrected chi connectivity index (χ1v) is 8.01. The quantitative estimate of drug-likeness (QED) is 0.820. The summed E-state index contributed by atoms with van der Waals surface area (Å²) in [5.41, 5.74) is 2.16. The van der Waals surface area contributed by atoms with Crippen LogP contribution in [0.1, 0.15) is 38.3 Å². The van der Waals surface area contributed by atoms with Gasteiger partial charge >= 0.3 is 5.97 Å². The Morgan fingerprint density at radius 1 is 1.33 bits per heavy atom. The molecular formula is C17H20N4O3. The molecule has 7 heteroatoms. The summed E-state index contributed by atoms with van der Waals surface area (Å²) in [5.74, 6) is 0.388. The van der Waals surface area contributed by atoms with Crippen molar-refractivity contribution < 1.29 is 14.6 Å². The largest absolute Gasteiger partial charge is 0.508 e. The Labute approximate surface area is 140 Å². The summed E-state index contributed by atoms with van der Waals surface area (Å²) in [6.07, 6.45) is 3.03. The smallest absolute Gasteiger partial charge is 0.338 e. The van der Waals surface area contributed by atoms with E-state index in [2.05, 4.69) is 15.4 Å². The first-order valence-electron chi connectivity index (χ1n) is 8.01. The van der Waals surface area contributed by atoms with Crippen molar-refractivity contribution in [2.75, 3.05) is 11.9 Å². The molecule has 7 nitrogen and oxygen atoms in total. The minimum atomic E-state index is -0.440. The van der Waals surface area contributed by atoms with E-state index in [0.717, 1.165) is 17.7 Å². The highest BCUT2D eigenvalue weighted by molar-refractivity contribution is 5.92. The Bertz CT molecular complexity index is 764. The standard InChI is InChI=1S/C17H20N4O3/c1-3-5-13-14(16(23)24-4-2)15(11-6-8-12(22)9-7-11)21-17(20-13)18-10-19-21/h6-10,15,22H,3-5H2,1-2H3,(H,18,19,20)/t15-/m1/s1. The Hall–Kier alpha value is -2.83. The number of phenols is 1. The normalized spacial score (nSPS) is 16.5. The van der Waals surface area contributed by atoms with Crippen molar-refractivity contribution in [1.29, 1.82) is 0 Å². The average molecular weight is 328 g/mol. The summed E-state index contributed by atoms with van der Waals surface area (Å²) in [6, 6.07) is 6.30. The van der Waals surface area contributed by atoms with Gasteiger partial charge in [-0.1, -0.05) is 25.5 Å². The molecule has 0 aliphatic carbocycles. The van der Waals surface area contributed by atoms with Gasteiger partial charge in [0.15, 0.2) is 0 Å². The first kappa shape index (κ1) is 16.0. The van der Waals surface area contributed by atoms with Gasteiger partial charge in [0.2, 0.25) is 5.95 Å². The van der Waals surface area contributed by atoms with Crippen LogP contribution in [-0.4, -0.2) is 32.4 Å². The van der Waals surface area contributed by atoms with E-state index < -0.39 is 6.04 Å². The number of carbonyl (C=O) groups excluding carboxylic acids is 1. The van der Waals surface area contributed by atoms with Crippen LogP contribution in [0.2, 0.25) is 0 Å². The number of benzene rings is 1. The number of phenolic OH excluding ortho intramolecular Hbond substituents is 1. The monoisotopic (exact) mass is 328 g/mol. The molecule has 0 saturated carbocycles. The molecule has 126 valence electrons. The molecule has 1 atom stereocenters. The highest BCUT2D eigenvalue weighted by atomic mass is 16.5. The summed E-state index contributed by atoms with van der Waals surface area (Å²) in [5, 5.41) is 17.0. The van der Waals surface area contributed by atoms with Crippen LogP contribution in [0.3, 0.4) is 0 Å². The van der Waals surface area contributed by atoms with Crippen LogP contribution in [0.5, 0.6) is 5.75 Å². The number of aromatic hydroxyl groups is 1. The van der Waals surface area contributed by atoms with Crippen molar-refractivity contribution in [3.8, 4) is 5.75 Å². The van der Waals surface area contributed by atoms with E-state index in [1.807, 2.05) is 6.92 Å². The van der Waals surface area contributed by atoms with E-state index in [4.69, 9.17) is 4.74 Å². The molecule has 1 aliphatic heterocycles. The van der Waals surface area contributed by atoms with Gasteiger partial charge in [-0.3, -0.25) is 0 Å². The minimum absolute atomic E-state index is 0.168. The number of anilines is 1. The van der Waals surface area contributed by atoms with Gasteiger partial charge in [0, 0.05) is 5.70 Å². The van der Waals surface area contributed by atoms with Gasteiger partial charge in [-0.05, 0) is 31.0 Å². The summed E-state index contributed by atoms with van der Waals surface area (Å²) in [7, 11) is 0. The van der Waals surface area contributed by atoms with Gasteiger partial charge < -0.3 is 15.2 Å². The number of hydrogen-bond donors (Lipinski definition) is 2. The molecule has 2 N–H and O–H groups in total. The summed E-state index contributed by atoms with van der Waals surface area (Å²) in [4.78, 5) is 16.9. The van der Waals surface area contributed by atoms with Crippen LogP contribution in [0.25, 0.3) is 0 Å². The number of ether oxygens (including phenoxy) is 1. The van der Waals surface area contributed by atoms with Gasteiger partial charge in [0.1, 0.15) is 18.1 Å². The van der Waals surface area contributed by atoms with E-state index in [1.165, 1.54) is 6.33 Å². The lowest BCUT2D eigenvalue weighted by atomic mass is 9.94. The molecule has 0 fully saturated rings. The predicted molar refractivity (Wildman–Crippen MR) is 88.5 cm³/mol. The molecule has 3 rings (SSSR count). The Balaban J connectivity index is 2.15. The third-order valence-electron chi connectivity index (χ3n) is 3.88. The summed E-state index contributed by atoms with van der Waals surface area (Å²) >= 11 is 0. The molecule has 1 aliphatic rings. The number of aromatic nitrogens is 3. The zero-order chi connectivity index (χ0) is 17.1. The van der Waals surface area contributed by atoms with E-state index in [1.54, 1.807) is 35.9 Å². The molecule has 24 heavy (non-hydrogen) atoms. The number of hydrogen-bond acceptors (Lipinski definition) is 6. The van der Waals surface area contributed by atoms with Crippen molar-refractivity contribution in [2.45, 2.75) is 32.7 Å². The average Bonchev–Trinajstić information content (AvgIpc) is 3.03. The molecule has 0 spiro atoms. The molecule has 2 aromatic rings. The Morgan fingerprint density at radius 3 is 2.75 bits per heavy atom. The fourth-order valence-corrected chi connectivity index (χ4v) is 2.87. The number of allylic oxidation sites excluding steroid dienone is 1. The van der Waals surface area contributed by atoms with Gasteiger partial charge in [-0.25, -0.2) is 9.48 Å². The van der Waals surface area contributed by atoms with Gasteiger partial charge in [-0.2, -0.15) is 10.1 Å². The highest BCUT2D eigenvalue weighted by Crippen LogP contribution is 2.36. The van der Waals surface area contributed by atoms with Crippen LogP contribution in [0, 0.1) is 0 Å². The topological polar surface area (TPSA) is 89.3 Å². The van der Waals surface area contributed by atoms with E-state index >= 15 is 0 Å². The van der Waals surface area contributed by atoms with Crippen molar-refractivity contribution in [2.24, 2.45) is 0 Å². The van der Waals surface area contributed by atoms with Crippen molar-refractivity contribution in [1.82, 2.24) is 14.8 Å². The molecule has 0 amide bonds. The van der Waals surface area contributed by atoms with Crippen molar-refractivity contribution in [3.63, 3.8) is 0 Å². The van der Waals surface area contributed by atoms with Gasteiger partial charge in [0.05, 0.1) is 12.2 Å². The highest BCUT2D eigenvalue weighted by Gasteiger charge is 2.35. The van der Waals surface area contributed by atoms with Gasteiger partial charge in [0.25, 0.3) is 0 Å². The maximum atomic E-state index is 12.6. The number of esters is 1. The molecule has 1 aromatic carbocycles. The molecular weight excluding hydrogens is 308 g/mol. The maximum absolute atomic E-state index is 12.6. The van der Waals surface area contributed by atoms with Crippen LogP contribution < -0.4 is 5.32 Å². The second-order valence-electron chi connectivity index (χ2n) is 5.51. The summed E-state index contributed by atoms with van der Waals surface area (Å²) in [6.45, 7) is 4.13. The first-order chi connectivity index (χ1) is 11.7. The van der Waals surface area contributed by atoms with Crippen LogP contribution in [0.15, 0.2) is 41.9 Å². The fraction of sp³-hybridized carbons (Fsp3) is 0.353. The number of carbonyl (C=O) groups is 1. The van der Waals surface area contributed by atoms with Crippen LogP contribution in [-0.2, 0) is 9.53 Å². The SMILES string of the molecule is CCCC1=C(C(=O)OCC)[C@@H](c2ccc(O)cc2)n2ncnc2N1. The lowest BCUT2D eigenvalue weighted by molar-refractivity contribution is -0.139. The predicted octanol–water partition coefficient (Wildman–Crippen LogP) is 2.62. The second-order valence-corrected chi connectivity index (χ2v) is 5.51. The Morgan fingerprint density at radius 2 is 2.08 bits per heavy atom. The number of nitrogens with one attached hydrogen (secondary N) is 1. The number of fused-ring (bicyclic) bond motifs is 1. The third-order valence-corrected chi connectivity index (χ3v) is 3.88. The minimum Gasteiger partial charge on any atom is -0.508 e. The van der Waals surface area contributed by atoms with Crippen molar-refractivity contribution >= 4 is 11.9 Å². The molecule has 1 aromatic heterocycles. The lowest BCUT2D eigenvalue weighted by Gasteiger charge is -2.29. The van der Waals surface area contributed by atoms with Crippen molar-refractivity contribution in [3.05, 3.63) is 47.4 Å². The van der Waals surface area contributed by atoms with E-state index in [9.17, 15) is 9.90 Å². The fourth-order valence-electron chi connectivity index (χ4n) is 2.87. The zero-order valence-electron chi connectivity index (χ0n) is 13.7. The van der Waals surface area contributed by atoms with Crippen LogP contribution >= 0.6 is 0 Å².